The van der Waals surface area contributed by atoms with Crippen molar-refractivity contribution in [3.05, 3.63) is 76.4 Å². The molecule has 0 saturated carbocycles. The molecule has 1 atom stereocenters. The van der Waals surface area contributed by atoms with Gasteiger partial charge in [-0.2, -0.15) is 4.98 Å². The topological polar surface area (TPSA) is 91.5 Å². The van der Waals surface area contributed by atoms with E-state index in [9.17, 15) is 9.59 Å². The molecule has 1 unspecified atom stereocenters. The normalized spacial score (nSPS) is 11.7. The summed E-state index contributed by atoms with van der Waals surface area (Å²) in [6, 6.07) is 11.9. The van der Waals surface area contributed by atoms with Crippen molar-refractivity contribution in [3.8, 4) is 5.75 Å². The molecule has 0 fully saturated rings. The van der Waals surface area contributed by atoms with Crippen LogP contribution in [0.5, 0.6) is 5.75 Å². The molecule has 7 nitrogen and oxygen atoms in total. The lowest BCUT2D eigenvalue weighted by Gasteiger charge is -2.13. The quantitative estimate of drug-likeness (QED) is 0.442. The van der Waals surface area contributed by atoms with Crippen LogP contribution in [0.3, 0.4) is 0 Å². The molecule has 0 bridgehead atoms. The maximum absolute atomic E-state index is 12.5. The number of nitrogens with zero attached hydrogens (tertiary/aromatic N) is 2. The second-order valence-corrected chi connectivity index (χ2v) is 6.75. The van der Waals surface area contributed by atoms with E-state index < -0.39 is 12.1 Å². The summed E-state index contributed by atoms with van der Waals surface area (Å²) < 4.78 is 15.8. The molecule has 1 heterocycles. The van der Waals surface area contributed by atoms with Crippen LogP contribution in [-0.4, -0.2) is 28.0 Å². The number of aromatic nitrogens is 2. The summed E-state index contributed by atoms with van der Waals surface area (Å²) in [7, 11) is 0. The molecule has 150 valence electrons. The third kappa shape index (κ3) is 5.07. The lowest BCUT2D eigenvalue weighted by atomic mass is 10.0. The first-order valence-electron chi connectivity index (χ1n) is 9.18. The molecular formula is C22H22N2O5. The zero-order chi connectivity index (χ0) is 21.0. The highest BCUT2D eigenvalue weighted by Gasteiger charge is 2.21. The van der Waals surface area contributed by atoms with E-state index in [1.54, 1.807) is 50.2 Å². The average molecular weight is 394 g/mol. The van der Waals surface area contributed by atoms with Crippen molar-refractivity contribution in [2.24, 2.45) is 0 Å². The zero-order valence-corrected chi connectivity index (χ0v) is 16.8. The number of hydrogen-bond acceptors (Lipinski definition) is 7. The van der Waals surface area contributed by atoms with Crippen LogP contribution in [0.2, 0.25) is 0 Å². The molecule has 29 heavy (non-hydrogen) atoms. The van der Waals surface area contributed by atoms with Gasteiger partial charge in [0.25, 0.3) is 0 Å². The van der Waals surface area contributed by atoms with Crippen LogP contribution in [-0.2, 0) is 11.3 Å². The first-order valence-corrected chi connectivity index (χ1v) is 9.18. The molecule has 0 radical (unpaired) electrons. The molecule has 0 amide bonds. The van der Waals surface area contributed by atoms with E-state index in [-0.39, 0.29) is 12.4 Å². The second-order valence-electron chi connectivity index (χ2n) is 6.75. The van der Waals surface area contributed by atoms with Crippen molar-refractivity contribution in [3.63, 3.8) is 0 Å². The zero-order valence-electron chi connectivity index (χ0n) is 16.8. The summed E-state index contributed by atoms with van der Waals surface area (Å²) in [6.07, 6.45) is -0.887. The summed E-state index contributed by atoms with van der Waals surface area (Å²) >= 11 is 0. The van der Waals surface area contributed by atoms with Crippen LogP contribution in [0.15, 0.2) is 47.0 Å². The number of Topliss-reactive ketones (excluding diaryl/α,β-unsaturated/α-hetero) is 1. The Morgan fingerprint density at radius 3 is 2.31 bits per heavy atom. The van der Waals surface area contributed by atoms with Crippen LogP contribution in [0, 0.1) is 20.8 Å². The Bertz CT molecular complexity index is 1020. The van der Waals surface area contributed by atoms with Crippen LogP contribution in [0.1, 0.15) is 50.5 Å². The maximum Gasteiger partial charge on any atom is 0.338 e. The number of aryl methyl sites for hydroxylation is 3. The van der Waals surface area contributed by atoms with Gasteiger partial charge in [-0.3, -0.25) is 4.79 Å². The Labute approximate surface area is 168 Å². The lowest BCUT2D eigenvalue weighted by Crippen LogP contribution is -2.24. The summed E-state index contributed by atoms with van der Waals surface area (Å²) in [5, 5.41) is 3.74. The van der Waals surface area contributed by atoms with E-state index >= 15 is 0 Å². The number of ketones is 1. The standard InChI is InChI=1S/C22H22N2O5/c1-13-5-6-18(11-14(13)2)21(25)15(3)28-22(26)17-7-9-19(10-8-17)27-12-20-23-16(4)29-24-20/h5-11,15H,12H2,1-4H3. The van der Waals surface area contributed by atoms with Crippen LogP contribution >= 0.6 is 0 Å². The van der Waals surface area contributed by atoms with Crippen molar-refractivity contribution in [2.45, 2.75) is 40.4 Å². The Balaban J connectivity index is 1.58. The Kier molecular flexibility index (Phi) is 6.07. The number of carbonyl (C=O) groups excluding carboxylic acids is 2. The maximum atomic E-state index is 12.5. The van der Waals surface area contributed by atoms with Crippen molar-refractivity contribution in [1.82, 2.24) is 10.1 Å². The van der Waals surface area contributed by atoms with E-state index in [1.807, 2.05) is 19.9 Å². The molecule has 0 N–H and O–H groups in total. The van der Waals surface area contributed by atoms with Gasteiger partial charge in [0.1, 0.15) is 5.75 Å². The predicted octanol–water partition coefficient (Wildman–Crippen LogP) is 4.00. The number of carbonyl (C=O) groups is 2. The van der Waals surface area contributed by atoms with Crippen molar-refractivity contribution in [1.29, 1.82) is 0 Å². The van der Waals surface area contributed by atoms with Crippen LogP contribution < -0.4 is 4.74 Å². The molecular weight excluding hydrogens is 372 g/mol. The number of esters is 1. The average Bonchev–Trinajstić information content (AvgIpc) is 3.13. The molecule has 0 aliphatic rings. The third-order valence-corrected chi connectivity index (χ3v) is 4.47. The van der Waals surface area contributed by atoms with Gasteiger partial charge < -0.3 is 14.0 Å². The van der Waals surface area contributed by atoms with Crippen LogP contribution in [0.4, 0.5) is 0 Å². The van der Waals surface area contributed by atoms with E-state index in [1.165, 1.54) is 0 Å². The number of rotatable bonds is 7. The first kappa shape index (κ1) is 20.3. The minimum absolute atomic E-state index is 0.155. The van der Waals surface area contributed by atoms with Crippen molar-refractivity contribution in [2.75, 3.05) is 0 Å². The van der Waals surface area contributed by atoms with Gasteiger partial charge in [0.2, 0.25) is 17.5 Å². The molecule has 1 aromatic heterocycles. The predicted molar refractivity (Wildman–Crippen MR) is 105 cm³/mol. The minimum Gasteiger partial charge on any atom is -0.485 e. The Hall–Kier alpha value is -3.48. The van der Waals surface area contributed by atoms with E-state index in [2.05, 4.69) is 10.1 Å². The first-order chi connectivity index (χ1) is 13.8. The Morgan fingerprint density at radius 1 is 1.00 bits per heavy atom. The summed E-state index contributed by atoms with van der Waals surface area (Å²) in [5.74, 6) is 0.630. The fourth-order valence-electron chi connectivity index (χ4n) is 2.65. The molecule has 3 aromatic rings. The molecule has 7 heteroatoms. The van der Waals surface area contributed by atoms with Gasteiger partial charge in [-0.25, -0.2) is 4.79 Å². The molecule has 2 aromatic carbocycles. The smallest absolute Gasteiger partial charge is 0.338 e. The van der Waals surface area contributed by atoms with Gasteiger partial charge in [-0.05, 0) is 62.2 Å². The summed E-state index contributed by atoms with van der Waals surface area (Å²) in [4.78, 5) is 28.9. The lowest BCUT2D eigenvalue weighted by molar-refractivity contribution is 0.0318. The number of hydrogen-bond donors (Lipinski definition) is 0. The highest BCUT2D eigenvalue weighted by Crippen LogP contribution is 2.17. The van der Waals surface area contributed by atoms with E-state index in [0.717, 1.165) is 11.1 Å². The molecule has 0 saturated heterocycles. The van der Waals surface area contributed by atoms with Gasteiger partial charge >= 0.3 is 5.97 Å². The molecule has 0 aliphatic carbocycles. The number of benzene rings is 2. The highest BCUT2D eigenvalue weighted by molar-refractivity contribution is 6.01. The van der Waals surface area contributed by atoms with Gasteiger partial charge in [0.15, 0.2) is 12.7 Å². The van der Waals surface area contributed by atoms with E-state index in [4.69, 9.17) is 14.0 Å². The molecule has 0 spiro atoms. The summed E-state index contributed by atoms with van der Waals surface area (Å²) in [5.41, 5.74) is 2.96. The second kappa shape index (κ2) is 8.68. The Morgan fingerprint density at radius 2 is 1.69 bits per heavy atom. The SMILES string of the molecule is Cc1nc(COc2ccc(C(=O)OC(C)C(=O)c3ccc(C)c(C)c3)cc2)no1. The summed E-state index contributed by atoms with van der Waals surface area (Å²) in [6.45, 7) is 7.33. The molecule has 3 rings (SSSR count). The minimum atomic E-state index is -0.887. The third-order valence-electron chi connectivity index (χ3n) is 4.47. The number of ether oxygens (including phenoxy) is 2. The van der Waals surface area contributed by atoms with Gasteiger partial charge in [0.05, 0.1) is 5.56 Å². The van der Waals surface area contributed by atoms with Crippen molar-refractivity contribution < 1.29 is 23.6 Å². The fourth-order valence-corrected chi connectivity index (χ4v) is 2.65. The van der Waals surface area contributed by atoms with Gasteiger partial charge in [-0.1, -0.05) is 17.3 Å². The van der Waals surface area contributed by atoms with Gasteiger partial charge in [-0.15, -0.1) is 0 Å². The monoisotopic (exact) mass is 394 g/mol. The van der Waals surface area contributed by atoms with Crippen LogP contribution in [0.25, 0.3) is 0 Å². The highest BCUT2D eigenvalue weighted by atomic mass is 16.5. The van der Waals surface area contributed by atoms with Crippen molar-refractivity contribution >= 4 is 11.8 Å². The molecule has 0 aliphatic heterocycles. The van der Waals surface area contributed by atoms with Gasteiger partial charge in [0, 0.05) is 12.5 Å². The van der Waals surface area contributed by atoms with E-state index in [0.29, 0.717) is 28.6 Å². The fraction of sp³-hybridized carbons (Fsp3) is 0.273. The largest absolute Gasteiger partial charge is 0.485 e.